The lowest BCUT2D eigenvalue weighted by atomic mass is 10.0. The molecule has 0 radical (unpaired) electrons. The first-order valence-corrected chi connectivity index (χ1v) is 6.91. The van der Waals surface area contributed by atoms with Crippen molar-refractivity contribution in [1.82, 2.24) is 14.5 Å². The minimum Gasteiger partial charge on any atom is -0.335 e. The lowest BCUT2D eigenvalue weighted by Crippen LogP contribution is -2.04. The van der Waals surface area contributed by atoms with Crippen LogP contribution in [0, 0.1) is 23.0 Å². The standard InChI is InChI=1S/C16H11F2N5O/c1-23-8-21-13-6-20-15(4-14(13)23)22-16-11(17)2-9(3-12(16)18)10(5-19)7-24/h2-4,6-8,10H,1H3,(H,20,22). The fourth-order valence-electron chi connectivity index (χ4n) is 2.30. The van der Waals surface area contributed by atoms with Gasteiger partial charge in [-0.05, 0) is 17.7 Å². The van der Waals surface area contributed by atoms with Gasteiger partial charge in [0.2, 0.25) is 0 Å². The summed E-state index contributed by atoms with van der Waals surface area (Å²) in [5.41, 5.74) is 0.955. The van der Waals surface area contributed by atoms with Gasteiger partial charge in [-0.25, -0.2) is 18.7 Å². The summed E-state index contributed by atoms with van der Waals surface area (Å²) in [6, 6.07) is 5.19. The van der Waals surface area contributed by atoms with Crippen molar-refractivity contribution in [3.8, 4) is 6.07 Å². The molecule has 0 aliphatic heterocycles. The van der Waals surface area contributed by atoms with Gasteiger partial charge in [0.15, 0.2) is 0 Å². The third kappa shape index (κ3) is 2.67. The van der Waals surface area contributed by atoms with E-state index in [0.29, 0.717) is 11.8 Å². The number of hydrogen-bond acceptors (Lipinski definition) is 5. The van der Waals surface area contributed by atoms with Crippen molar-refractivity contribution in [1.29, 1.82) is 5.26 Å². The van der Waals surface area contributed by atoms with Crippen molar-refractivity contribution in [2.45, 2.75) is 5.92 Å². The van der Waals surface area contributed by atoms with Crippen LogP contribution in [0.25, 0.3) is 11.0 Å². The van der Waals surface area contributed by atoms with E-state index in [1.807, 2.05) is 0 Å². The number of pyridine rings is 1. The number of nitriles is 1. The highest BCUT2D eigenvalue weighted by molar-refractivity contribution is 5.78. The molecule has 1 N–H and O–H groups in total. The van der Waals surface area contributed by atoms with E-state index < -0.39 is 23.2 Å². The van der Waals surface area contributed by atoms with Crippen molar-refractivity contribution in [2.24, 2.45) is 7.05 Å². The van der Waals surface area contributed by atoms with Gasteiger partial charge in [-0.1, -0.05) is 0 Å². The van der Waals surface area contributed by atoms with Gasteiger partial charge in [0.05, 0.1) is 24.1 Å². The minimum absolute atomic E-state index is 0.0388. The van der Waals surface area contributed by atoms with Gasteiger partial charge in [-0.2, -0.15) is 5.26 Å². The number of nitrogens with zero attached hydrogens (tertiary/aromatic N) is 4. The summed E-state index contributed by atoms with van der Waals surface area (Å²) in [5, 5.41) is 11.4. The average molecular weight is 327 g/mol. The first-order chi connectivity index (χ1) is 11.5. The molecule has 0 aliphatic rings. The fraction of sp³-hybridized carbons (Fsp3) is 0.125. The maximum absolute atomic E-state index is 14.2. The highest BCUT2D eigenvalue weighted by atomic mass is 19.1. The lowest BCUT2D eigenvalue weighted by Gasteiger charge is -2.11. The molecule has 1 atom stereocenters. The Labute approximate surface area is 135 Å². The Bertz CT molecular complexity index is 953. The summed E-state index contributed by atoms with van der Waals surface area (Å²) in [5.74, 6) is -2.81. The van der Waals surface area contributed by atoms with Gasteiger partial charge in [0, 0.05) is 13.1 Å². The Morgan fingerprint density at radius 3 is 2.62 bits per heavy atom. The van der Waals surface area contributed by atoms with Crippen molar-refractivity contribution in [3.05, 3.63) is 47.9 Å². The van der Waals surface area contributed by atoms with Crippen LogP contribution in [0.3, 0.4) is 0 Å². The van der Waals surface area contributed by atoms with Gasteiger partial charge in [-0.3, -0.25) is 0 Å². The molecule has 0 spiro atoms. The molecule has 120 valence electrons. The molecule has 8 heteroatoms. The first kappa shape index (κ1) is 15.6. The number of fused-ring (bicyclic) bond motifs is 1. The average Bonchev–Trinajstić information content (AvgIpc) is 2.93. The second-order valence-electron chi connectivity index (χ2n) is 5.14. The summed E-state index contributed by atoms with van der Waals surface area (Å²) in [6.07, 6.45) is 3.42. The van der Waals surface area contributed by atoms with E-state index in [9.17, 15) is 13.6 Å². The molecule has 0 bridgehead atoms. The highest BCUT2D eigenvalue weighted by Crippen LogP contribution is 2.27. The quantitative estimate of drug-likeness (QED) is 0.745. The normalized spacial score (nSPS) is 11.9. The predicted octanol–water partition coefficient (Wildman–Crippen LogP) is 2.80. The molecule has 1 aromatic carbocycles. The molecule has 2 aromatic heterocycles. The Morgan fingerprint density at radius 1 is 1.29 bits per heavy atom. The van der Waals surface area contributed by atoms with Gasteiger partial charge in [0.1, 0.15) is 40.9 Å². The van der Waals surface area contributed by atoms with Crippen molar-refractivity contribution >= 4 is 28.8 Å². The number of hydrogen-bond donors (Lipinski definition) is 1. The number of anilines is 2. The Hall–Kier alpha value is -3.34. The van der Waals surface area contributed by atoms with Crippen molar-refractivity contribution in [3.63, 3.8) is 0 Å². The molecule has 3 rings (SSSR count). The summed E-state index contributed by atoms with van der Waals surface area (Å²) in [4.78, 5) is 18.9. The number of carbonyl (C=O) groups is 1. The summed E-state index contributed by atoms with van der Waals surface area (Å²) < 4.78 is 30.1. The van der Waals surface area contributed by atoms with Crippen LogP contribution in [-0.4, -0.2) is 20.8 Å². The number of aryl methyl sites for hydroxylation is 1. The third-order valence-corrected chi connectivity index (χ3v) is 3.56. The van der Waals surface area contributed by atoms with Crippen LogP contribution in [0.2, 0.25) is 0 Å². The number of benzene rings is 1. The van der Waals surface area contributed by atoms with Crippen molar-refractivity contribution < 1.29 is 13.6 Å². The summed E-state index contributed by atoms with van der Waals surface area (Å²) in [7, 11) is 1.79. The largest absolute Gasteiger partial charge is 0.335 e. The second-order valence-corrected chi connectivity index (χ2v) is 5.14. The molecule has 6 nitrogen and oxygen atoms in total. The summed E-state index contributed by atoms with van der Waals surface area (Å²) in [6.45, 7) is 0. The number of rotatable bonds is 4. The zero-order valence-electron chi connectivity index (χ0n) is 12.5. The lowest BCUT2D eigenvalue weighted by molar-refractivity contribution is -0.108. The van der Waals surface area contributed by atoms with Crippen molar-refractivity contribution in [2.75, 3.05) is 5.32 Å². The second kappa shape index (κ2) is 6.04. The highest BCUT2D eigenvalue weighted by Gasteiger charge is 2.17. The number of halogens is 2. The predicted molar refractivity (Wildman–Crippen MR) is 82.6 cm³/mol. The molecule has 1 unspecified atom stereocenters. The molecule has 0 fully saturated rings. The minimum atomic E-state index is -1.22. The van der Waals surface area contributed by atoms with Crippen LogP contribution in [-0.2, 0) is 11.8 Å². The third-order valence-electron chi connectivity index (χ3n) is 3.56. The van der Waals surface area contributed by atoms with E-state index in [2.05, 4.69) is 15.3 Å². The topological polar surface area (TPSA) is 83.6 Å². The van der Waals surface area contributed by atoms with E-state index in [0.717, 1.165) is 17.6 Å². The van der Waals surface area contributed by atoms with Gasteiger partial charge < -0.3 is 14.7 Å². The molecule has 0 saturated heterocycles. The number of nitrogens with one attached hydrogen (secondary N) is 1. The number of aldehydes is 1. The number of aromatic nitrogens is 3. The molecule has 3 aromatic rings. The van der Waals surface area contributed by atoms with Gasteiger partial charge >= 0.3 is 0 Å². The Morgan fingerprint density at radius 2 is 2.00 bits per heavy atom. The Balaban J connectivity index is 1.98. The molecule has 0 saturated carbocycles. The summed E-state index contributed by atoms with van der Waals surface area (Å²) >= 11 is 0. The zero-order chi connectivity index (χ0) is 17.3. The van der Waals surface area contributed by atoms with E-state index in [1.54, 1.807) is 30.1 Å². The van der Waals surface area contributed by atoms with Crippen LogP contribution in [0.1, 0.15) is 11.5 Å². The zero-order valence-corrected chi connectivity index (χ0v) is 12.5. The van der Waals surface area contributed by atoms with Gasteiger partial charge in [0.25, 0.3) is 0 Å². The fourth-order valence-corrected chi connectivity index (χ4v) is 2.30. The van der Waals surface area contributed by atoms with Crippen LogP contribution in [0.15, 0.2) is 30.7 Å². The SMILES string of the molecule is Cn1cnc2cnc(Nc3c(F)cc(C(C#N)C=O)cc3F)cc21. The molecule has 24 heavy (non-hydrogen) atoms. The number of carbonyl (C=O) groups excluding carboxylic acids is 1. The van der Waals surface area contributed by atoms with Crippen LogP contribution < -0.4 is 5.32 Å². The monoisotopic (exact) mass is 327 g/mol. The van der Waals surface area contributed by atoms with E-state index in [1.165, 1.54) is 6.20 Å². The van der Waals surface area contributed by atoms with Gasteiger partial charge in [-0.15, -0.1) is 0 Å². The van der Waals surface area contributed by atoms with Crippen LogP contribution in [0.4, 0.5) is 20.3 Å². The van der Waals surface area contributed by atoms with Crippen LogP contribution in [0.5, 0.6) is 0 Å². The first-order valence-electron chi connectivity index (χ1n) is 6.91. The number of imidazole rings is 1. The molecular formula is C16H11F2N5O. The molecule has 2 heterocycles. The maximum atomic E-state index is 14.2. The molecule has 0 aliphatic carbocycles. The molecular weight excluding hydrogens is 316 g/mol. The van der Waals surface area contributed by atoms with E-state index in [-0.39, 0.29) is 11.4 Å². The molecule has 0 amide bonds. The Kier molecular flexibility index (Phi) is 3.92. The maximum Gasteiger partial charge on any atom is 0.150 e. The smallest absolute Gasteiger partial charge is 0.150 e. The van der Waals surface area contributed by atoms with E-state index in [4.69, 9.17) is 5.26 Å². The van der Waals surface area contributed by atoms with E-state index >= 15 is 0 Å². The van der Waals surface area contributed by atoms with Crippen LogP contribution >= 0.6 is 0 Å².